The fourth-order valence-corrected chi connectivity index (χ4v) is 1.59. The molecular weight excluding hydrogens is 156 g/mol. The lowest BCUT2D eigenvalue weighted by molar-refractivity contribution is 0.00430. The number of rotatable bonds is 2. The van der Waals surface area contributed by atoms with E-state index in [1.807, 2.05) is 0 Å². The van der Waals surface area contributed by atoms with Crippen molar-refractivity contribution < 1.29 is 14.9 Å². The number of aliphatic hydroxyl groups excluding tert-OH is 2. The second-order valence-corrected chi connectivity index (χ2v) is 3.99. The van der Waals surface area contributed by atoms with Crippen molar-refractivity contribution in [2.24, 2.45) is 5.92 Å². The van der Waals surface area contributed by atoms with E-state index in [2.05, 4.69) is 13.8 Å². The molecule has 0 saturated carbocycles. The highest BCUT2D eigenvalue weighted by Crippen LogP contribution is 2.25. The molecule has 1 fully saturated rings. The summed E-state index contributed by atoms with van der Waals surface area (Å²) in [6.45, 7) is 5.94. The van der Waals surface area contributed by atoms with Crippen molar-refractivity contribution >= 4 is 0 Å². The predicted molar refractivity (Wildman–Crippen MR) is 45.8 cm³/mol. The van der Waals surface area contributed by atoms with Gasteiger partial charge in [0.25, 0.3) is 0 Å². The van der Waals surface area contributed by atoms with Crippen LogP contribution in [0, 0.1) is 5.92 Å². The summed E-state index contributed by atoms with van der Waals surface area (Å²) in [6, 6.07) is 0. The molecule has 1 aliphatic heterocycles. The van der Waals surface area contributed by atoms with Crippen molar-refractivity contribution in [1.29, 1.82) is 0 Å². The van der Waals surface area contributed by atoms with E-state index in [0.717, 1.165) is 6.42 Å². The third-order valence-electron chi connectivity index (χ3n) is 2.30. The zero-order valence-electron chi connectivity index (χ0n) is 7.90. The molecule has 0 aliphatic carbocycles. The summed E-state index contributed by atoms with van der Waals surface area (Å²) in [6.07, 6.45) is -1.03. The predicted octanol–water partition coefficient (Wildman–Crippen LogP) is 0.542. The second kappa shape index (κ2) is 3.73. The minimum absolute atomic E-state index is 0.185. The molecule has 2 unspecified atom stereocenters. The maximum absolute atomic E-state index is 9.50. The van der Waals surface area contributed by atoms with Gasteiger partial charge in [-0.15, -0.1) is 0 Å². The molecule has 1 rings (SSSR count). The van der Waals surface area contributed by atoms with Crippen LogP contribution in [0.4, 0.5) is 0 Å². The van der Waals surface area contributed by atoms with Crippen LogP contribution >= 0.6 is 0 Å². The fourth-order valence-electron chi connectivity index (χ4n) is 1.59. The Morgan fingerprint density at radius 2 is 1.83 bits per heavy atom. The highest BCUT2D eigenvalue weighted by Gasteiger charge is 2.39. The topological polar surface area (TPSA) is 49.7 Å². The van der Waals surface area contributed by atoms with Gasteiger partial charge in [-0.25, -0.2) is 0 Å². The average molecular weight is 174 g/mol. The molecule has 0 aromatic rings. The number of hydrogen-bond donors (Lipinski definition) is 2. The van der Waals surface area contributed by atoms with E-state index in [4.69, 9.17) is 4.74 Å². The third kappa shape index (κ3) is 1.97. The molecule has 2 N–H and O–H groups in total. The Labute approximate surface area is 73.4 Å². The molecule has 1 heterocycles. The Hall–Kier alpha value is -0.120. The Kier molecular flexibility index (Phi) is 3.09. The van der Waals surface area contributed by atoms with Gasteiger partial charge in [-0.1, -0.05) is 13.8 Å². The molecule has 0 aromatic carbocycles. The van der Waals surface area contributed by atoms with E-state index in [1.54, 1.807) is 6.92 Å². The van der Waals surface area contributed by atoms with Gasteiger partial charge in [0.05, 0.1) is 12.2 Å². The lowest BCUT2D eigenvalue weighted by Gasteiger charge is -2.16. The molecule has 0 radical (unpaired) electrons. The van der Waals surface area contributed by atoms with Crippen LogP contribution in [0.15, 0.2) is 0 Å². The van der Waals surface area contributed by atoms with E-state index in [9.17, 15) is 10.2 Å². The Balaban J connectivity index is 2.47. The summed E-state index contributed by atoms with van der Waals surface area (Å²) in [4.78, 5) is 0. The van der Waals surface area contributed by atoms with Crippen molar-refractivity contribution in [3.8, 4) is 0 Å². The maximum atomic E-state index is 9.50. The van der Waals surface area contributed by atoms with Gasteiger partial charge in [0.2, 0.25) is 0 Å². The van der Waals surface area contributed by atoms with E-state index in [0.29, 0.717) is 5.92 Å². The molecule has 12 heavy (non-hydrogen) atoms. The molecule has 3 nitrogen and oxygen atoms in total. The number of hydrogen-bond acceptors (Lipinski definition) is 3. The third-order valence-corrected chi connectivity index (χ3v) is 2.30. The highest BCUT2D eigenvalue weighted by molar-refractivity contribution is 4.88. The van der Waals surface area contributed by atoms with Crippen LogP contribution in [0.25, 0.3) is 0 Å². The van der Waals surface area contributed by atoms with Crippen LogP contribution < -0.4 is 0 Å². The molecule has 0 spiro atoms. The summed E-state index contributed by atoms with van der Waals surface area (Å²) in [7, 11) is 0. The highest BCUT2D eigenvalue weighted by atomic mass is 16.5. The van der Waals surface area contributed by atoms with Gasteiger partial charge < -0.3 is 14.9 Å². The van der Waals surface area contributed by atoms with E-state index in [-0.39, 0.29) is 12.2 Å². The van der Waals surface area contributed by atoms with Gasteiger partial charge in [0.15, 0.2) is 0 Å². The van der Waals surface area contributed by atoms with Gasteiger partial charge in [-0.3, -0.25) is 0 Å². The molecule has 0 bridgehead atoms. The zero-order chi connectivity index (χ0) is 9.30. The lowest BCUT2D eigenvalue weighted by Crippen LogP contribution is -2.32. The standard InChI is InChI=1S/C9H18O3/c1-5(2)4-7-9(11)8(10)6(3)12-7/h5-11H,4H2,1-3H3/t6-,7+,8?,9?/m0/s1. The normalized spacial score (nSPS) is 42.5. The van der Waals surface area contributed by atoms with Crippen LogP contribution in [0.3, 0.4) is 0 Å². The van der Waals surface area contributed by atoms with Crippen LogP contribution in [-0.4, -0.2) is 34.6 Å². The van der Waals surface area contributed by atoms with Gasteiger partial charge >= 0.3 is 0 Å². The van der Waals surface area contributed by atoms with E-state index in [1.165, 1.54) is 0 Å². The minimum Gasteiger partial charge on any atom is -0.388 e. The van der Waals surface area contributed by atoms with Gasteiger partial charge in [0.1, 0.15) is 12.2 Å². The Morgan fingerprint density at radius 1 is 1.25 bits per heavy atom. The second-order valence-electron chi connectivity index (χ2n) is 3.99. The smallest absolute Gasteiger partial charge is 0.109 e. The van der Waals surface area contributed by atoms with E-state index < -0.39 is 12.2 Å². The monoisotopic (exact) mass is 174 g/mol. The molecule has 1 aliphatic rings. The minimum atomic E-state index is -0.714. The Morgan fingerprint density at radius 3 is 2.17 bits per heavy atom. The zero-order valence-corrected chi connectivity index (χ0v) is 7.90. The first-order chi connectivity index (χ1) is 5.52. The van der Waals surface area contributed by atoms with Gasteiger partial charge in [-0.05, 0) is 19.3 Å². The largest absolute Gasteiger partial charge is 0.388 e. The molecule has 0 amide bonds. The summed E-state index contributed by atoms with van der Waals surface area (Å²) >= 11 is 0. The SMILES string of the molecule is CC(C)C[C@H]1O[C@@H](C)C(O)C1O. The van der Waals surface area contributed by atoms with Gasteiger partial charge in [0, 0.05) is 0 Å². The van der Waals surface area contributed by atoms with Crippen molar-refractivity contribution in [1.82, 2.24) is 0 Å². The maximum Gasteiger partial charge on any atom is 0.109 e. The molecule has 0 aromatic heterocycles. The Bertz CT molecular complexity index is 145. The first kappa shape index (κ1) is 9.96. The lowest BCUT2D eigenvalue weighted by atomic mass is 10.0. The van der Waals surface area contributed by atoms with Crippen molar-refractivity contribution in [2.45, 2.75) is 51.6 Å². The summed E-state index contributed by atoms with van der Waals surface area (Å²) in [5.74, 6) is 0.488. The van der Waals surface area contributed by atoms with E-state index >= 15 is 0 Å². The molecule has 3 heteroatoms. The number of ether oxygens (including phenoxy) is 1. The van der Waals surface area contributed by atoms with Crippen LogP contribution in [0.2, 0.25) is 0 Å². The molecular formula is C9H18O3. The van der Waals surface area contributed by atoms with Crippen molar-refractivity contribution in [3.05, 3.63) is 0 Å². The average Bonchev–Trinajstić information content (AvgIpc) is 2.17. The first-order valence-electron chi connectivity index (χ1n) is 4.54. The molecule has 4 atom stereocenters. The summed E-state index contributed by atoms with van der Waals surface area (Å²) in [5, 5.41) is 18.9. The fraction of sp³-hybridized carbons (Fsp3) is 1.00. The van der Waals surface area contributed by atoms with Crippen molar-refractivity contribution in [3.63, 3.8) is 0 Å². The van der Waals surface area contributed by atoms with Crippen LogP contribution in [0.1, 0.15) is 27.2 Å². The summed E-state index contributed by atoms with van der Waals surface area (Å²) < 4.78 is 5.40. The van der Waals surface area contributed by atoms with Crippen molar-refractivity contribution in [2.75, 3.05) is 0 Å². The molecule has 72 valence electrons. The van der Waals surface area contributed by atoms with Crippen LogP contribution in [0.5, 0.6) is 0 Å². The first-order valence-corrected chi connectivity index (χ1v) is 4.54. The molecule has 1 saturated heterocycles. The van der Waals surface area contributed by atoms with Gasteiger partial charge in [-0.2, -0.15) is 0 Å². The number of aliphatic hydroxyl groups is 2. The quantitative estimate of drug-likeness (QED) is 0.642. The summed E-state index contributed by atoms with van der Waals surface area (Å²) in [5.41, 5.74) is 0. The van der Waals surface area contributed by atoms with Crippen LogP contribution in [-0.2, 0) is 4.74 Å².